The summed E-state index contributed by atoms with van der Waals surface area (Å²) in [5.74, 6) is 0.125. The molecule has 2 aromatic carbocycles. The van der Waals surface area contributed by atoms with Gasteiger partial charge in [-0.25, -0.2) is 8.42 Å². The van der Waals surface area contributed by atoms with Gasteiger partial charge in [0.15, 0.2) is 0 Å². The highest BCUT2D eigenvalue weighted by Crippen LogP contribution is 2.30. The maximum atomic E-state index is 13.3. The average Bonchev–Trinajstić information content (AvgIpc) is 2.70. The van der Waals surface area contributed by atoms with E-state index < -0.39 is 15.9 Å². The highest BCUT2D eigenvalue weighted by Gasteiger charge is 2.27. The zero-order valence-electron chi connectivity index (χ0n) is 16.6. The number of benzene rings is 2. The number of rotatable bonds is 10. The van der Waals surface area contributed by atoms with Crippen LogP contribution in [0.15, 0.2) is 51.8 Å². The lowest BCUT2D eigenvalue weighted by molar-refractivity contribution is -0.119. The van der Waals surface area contributed by atoms with Gasteiger partial charge in [0.05, 0.1) is 22.2 Å². The van der Waals surface area contributed by atoms with Crippen molar-refractivity contribution in [2.24, 2.45) is 0 Å². The lowest BCUT2D eigenvalue weighted by Gasteiger charge is -2.24. The molecule has 158 valence electrons. The average molecular weight is 485 g/mol. The molecule has 7 nitrogen and oxygen atoms in total. The van der Waals surface area contributed by atoms with Crippen molar-refractivity contribution < 1.29 is 22.7 Å². The third-order valence-corrected chi connectivity index (χ3v) is 6.56. The molecule has 0 aromatic heterocycles. The monoisotopic (exact) mass is 484 g/mol. The standard InChI is InChI=1S/C20H25BrN2O5S/c1-15-5-7-16(8-6-15)23(14-20(24)22-11-4-12-27-2)29(25,26)17-9-10-19(28-3)18(21)13-17/h5-10,13H,4,11-12,14H2,1-3H3,(H,22,24). The lowest BCUT2D eigenvalue weighted by atomic mass is 10.2. The van der Waals surface area contributed by atoms with E-state index in [1.807, 2.05) is 6.92 Å². The first-order chi connectivity index (χ1) is 13.8. The summed E-state index contributed by atoms with van der Waals surface area (Å²) in [6.07, 6.45) is 0.644. The van der Waals surface area contributed by atoms with Crippen molar-refractivity contribution >= 4 is 37.5 Å². The Hall–Kier alpha value is -2.10. The number of methoxy groups -OCH3 is 2. The summed E-state index contributed by atoms with van der Waals surface area (Å²) < 4.78 is 38.4. The van der Waals surface area contributed by atoms with E-state index in [9.17, 15) is 13.2 Å². The Morgan fingerprint density at radius 1 is 1.14 bits per heavy atom. The molecule has 9 heteroatoms. The van der Waals surface area contributed by atoms with Crippen LogP contribution in [0.3, 0.4) is 0 Å². The van der Waals surface area contributed by atoms with E-state index in [0.717, 1.165) is 9.87 Å². The van der Waals surface area contributed by atoms with Gasteiger partial charge in [-0.05, 0) is 59.6 Å². The molecule has 29 heavy (non-hydrogen) atoms. The SMILES string of the molecule is COCCCNC(=O)CN(c1ccc(C)cc1)S(=O)(=O)c1ccc(OC)c(Br)c1. The molecule has 0 aliphatic rings. The van der Waals surface area contributed by atoms with Crippen molar-refractivity contribution in [3.05, 3.63) is 52.5 Å². The number of aryl methyl sites for hydroxylation is 1. The smallest absolute Gasteiger partial charge is 0.264 e. The number of anilines is 1. The maximum absolute atomic E-state index is 13.3. The van der Waals surface area contributed by atoms with E-state index in [1.54, 1.807) is 37.4 Å². The van der Waals surface area contributed by atoms with Crippen LogP contribution in [0.25, 0.3) is 0 Å². The second kappa shape index (κ2) is 10.6. The number of nitrogens with zero attached hydrogens (tertiary/aromatic N) is 1. The fraction of sp³-hybridized carbons (Fsp3) is 0.350. The molecule has 2 aromatic rings. The van der Waals surface area contributed by atoms with Crippen molar-refractivity contribution in [1.82, 2.24) is 5.32 Å². The largest absolute Gasteiger partial charge is 0.496 e. The van der Waals surface area contributed by atoms with Crippen LogP contribution < -0.4 is 14.4 Å². The Morgan fingerprint density at radius 2 is 1.83 bits per heavy atom. The first-order valence-electron chi connectivity index (χ1n) is 8.98. The molecule has 0 spiro atoms. The Labute approximate surface area is 180 Å². The predicted molar refractivity (Wildman–Crippen MR) is 116 cm³/mol. The fourth-order valence-corrected chi connectivity index (χ4v) is 4.73. The van der Waals surface area contributed by atoms with Crippen LogP contribution in [0.1, 0.15) is 12.0 Å². The van der Waals surface area contributed by atoms with Crippen molar-refractivity contribution in [3.8, 4) is 5.75 Å². The van der Waals surface area contributed by atoms with E-state index in [0.29, 0.717) is 35.5 Å². The predicted octanol–water partition coefficient (Wildman–Crippen LogP) is 3.11. The second-order valence-electron chi connectivity index (χ2n) is 6.34. The third-order valence-electron chi connectivity index (χ3n) is 4.17. The van der Waals surface area contributed by atoms with Gasteiger partial charge in [-0.1, -0.05) is 17.7 Å². The second-order valence-corrected chi connectivity index (χ2v) is 9.06. The van der Waals surface area contributed by atoms with Crippen molar-refractivity contribution in [3.63, 3.8) is 0 Å². The van der Waals surface area contributed by atoms with Crippen molar-refractivity contribution in [1.29, 1.82) is 0 Å². The number of hydrogen-bond donors (Lipinski definition) is 1. The van der Waals surface area contributed by atoms with Gasteiger partial charge < -0.3 is 14.8 Å². The van der Waals surface area contributed by atoms with Gasteiger partial charge in [0.2, 0.25) is 5.91 Å². The first kappa shape index (κ1) is 23.2. The molecule has 1 amide bonds. The molecule has 0 atom stereocenters. The maximum Gasteiger partial charge on any atom is 0.264 e. The number of carbonyl (C=O) groups excluding carboxylic acids is 1. The molecule has 2 rings (SSSR count). The summed E-state index contributed by atoms with van der Waals surface area (Å²) in [5, 5.41) is 2.73. The molecule has 1 N–H and O–H groups in total. The van der Waals surface area contributed by atoms with Crippen molar-refractivity contribution in [2.45, 2.75) is 18.2 Å². The van der Waals surface area contributed by atoms with Gasteiger partial charge >= 0.3 is 0 Å². The molecule has 0 aliphatic heterocycles. The zero-order valence-corrected chi connectivity index (χ0v) is 19.0. The molecule has 0 fully saturated rings. The van der Waals surface area contributed by atoms with E-state index in [4.69, 9.17) is 9.47 Å². The number of hydrogen-bond acceptors (Lipinski definition) is 5. The molecular formula is C20H25BrN2O5S. The summed E-state index contributed by atoms with van der Waals surface area (Å²) in [5.41, 5.74) is 1.40. The number of amides is 1. The summed E-state index contributed by atoms with van der Waals surface area (Å²) in [6.45, 7) is 2.50. The lowest BCUT2D eigenvalue weighted by Crippen LogP contribution is -2.41. The van der Waals surface area contributed by atoms with Gasteiger partial charge in [0, 0.05) is 20.3 Å². The molecule has 0 saturated heterocycles. The Bertz CT molecular complexity index is 932. The number of halogens is 1. The molecule has 0 heterocycles. The van der Waals surface area contributed by atoms with Crippen LogP contribution in [0.2, 0.25) is 0 Å². The van der Waals surface area contributed by atoms with Crippen LogP contribution in [-0.2, 0) is 19.6 Å². The first-order valence-corrected chi connectivity index (χ1v) is 11.2. The minimum absolute atomic E-state index is 0.0536. The Balaban J connectivity index is 2.34. The summed E-state index contributed by atoms with van der Waals surface area (Å²) >= 11 is 3.32. The molecule has 0 radical (unpaired) electrons. The molecule has 0 bridgehead atoms. The van der Waals surface area contributed by atoms with E-state index in [2.05, 4.69) is 21.2 Å². The molecule has 0 aliphatic carbocycles. The van der Waals surface area contributed by atoms with E-state index in [-0.39, 0.29) is 11.4 Å². The van der Waals surface area contributed by atoms with Gasteiger partial charge in [0.1, 0.15) is 12.3 Å². The van der Waals surface area contributed by atoms with Crippen LogP contribution in [0.5, 0.6) is 5.75 Å². The fourth-order valence-electron chi connectivity index (χ4n) is 2.59. The van der Waals surface area contributed by atoms with Crippen LogP contribution >= 0.6 is 15.9 Å². The van der Waals surface area contributed by atoms with Gasteiger partial charge in [-0.2, -0.15) is 0 Å². The number of ether oxygens (including phenoxy) is 2. The van der Waals surface area contributed by atoms with Crippen molar-refractivity contribution in [2.75, 3.05) is 38.2 Å². The summed E-state index contributed by atoms with van der Waals surface area (Å²) in [4.78, 5) is 12.5. The Morgan fingerprint density at radius 3 is 2.41 bits per heavy atom. The third kappa shape index (κ3) is 6.19. The normalized spacial score (nSPS) is 11.2. The zero-order chi connectivity index (χ0) is 21.4. The number of nitrogens with one attached hydrogen (secondary N) is 1. The van der Waals surface area contributed by atoms with Crippen LogP contribution in [0, 0.1) is 6.92 Å². The van der Waals surface area contributed by atoms with Crippen LogP contribution in [0.4, 0.5) is 5.69 Å². The summed E-state index contributed by atoms with van der Waals surface area (Å²) in [6, 6.07) is 11.5. The summed E-state index contributed by atoms with van der Waals surface area (Å²) in [7, 11) is -0.898. The topological polar surface area (TPSA) is 84.9 Å². The minimum Gasteiger partial charge on any atom is -0.496 e. The van der Waals surface area contributed by atoms with E-state index in [1.165, 1.54) is 19.2 Å². The molecule has 0 saturated carbocycles. The molecular weight excluding hydrogens is 460 g/mol. The Kier molecular flexibility index (Phi) is 8.48. The quantitative estimate of drug-likeness (QED) is 0.523. The highest BCUT2D eigenvalue weighted by molar-refractivity contribution is 9.10. The van der Waals surface area contributed by atoms with Gasteiger partial charge in [-0.3, -0.25) is 9.10 Å². The van der Waals surface area contributed by atoms with Crippen LogP contribution in [-0.4, -0.2) is 48.2 Å². The van der Waals surface area contributed by atoms with Gasteiger partial charge in [-0.15, -0.1) is 0 Å². The van der Waals surface area contributed by atoms with Gasteiger partial charge in [0.25, 0.3) is 10.0 Å². The number of carbonyl (C=O) groups is 1. The van der Waals surface area contributed by atoms with E-state index >= 15 is 0 Å². The highest BCUT2D eigenvalue weighted by atomic mass is 79.9. The minimum atomic E-state index is -3.98. The molecule has 0 unspecified atom stereocenters. The number of sulfonamides is 1.